The van der Waals surface area contributed by atoms with Gasteiger partial charge >= 0.3 is 17.1 Å². The lowest BCUT2D eigenvalue weighted by Crippen LogP contribution is -2.31. The van der Waals surface area contributed by atoms with Gasteiger partial charge in [0.15, 0.2) is 34.2 Å². The van der Waals surface area contributed by atoms with Gasteiger partial charge in [0.25, 0.3) is 5.56 Å². The van der Waals surface area contributed by atoms with Crippen molar-refractivity contribution < 1.29 is 13.3 Å². The molecule has 0 spiro atoms. The summed E-state index contributed by atoms with van der Waals surface area (Å²) in [5.41, 5.74) is 2.46. The van der Waals surface area contributed by atoms with Crippen molar-refractivity contribution in [1.82, 2.24) is 43.2 Å². The molecule has 0 amide bonds. The molecule has 0 aliphatic carbocycles. The van der Waals surface area contributed by atoms with Crippen LogP contribution in [0.2, 0.25) is 15.1 Å². The predicted molar refractivity (Wildman–Crippen MR) is 277 cm³/mol. The van der Waals surface area contributed by atoms with E-state index < -0.39 is 22.6 Å². The number of furan rings is 3. The van der Waals surface area contributed by atoms with E-state index in [-0.39, 0.29) is 46.7 Å². The molecule has 72 heavy (non-hydrogen) atoms. The SMILES string of the molecule is CNc1nc(=O)n(-c2cc(CNc3nc(=O)n(-c4ccc(N(C)c5nc(=O)n(-c6cc(C)ccn6)c6c5oc5ccc(Cl)cc56)cn4)c4c3oc3ccc(Cl)cc34)cn(C)c2=O)c2c1oc1ccc(Cl)cc12. The van der Waals surface area contributed by atoms with Crippen LogP contribution in [0.25, 0.3) is 83.5 Å². The number of fused-ring (bicyclic) bond motifs is 9. The van der Waals surface area contributed by atoms with Gasteiger partial charge in [-0.2, -0.15) is 15.0 Å². The van der Waals surface area contributed by atoms with Gasteiger partial charge in [-0.1, -0.05) is 34.8 Å². The third-order valence-electron chi connectivity index (χ3n) is 12.3. The second-order valence-corrected chi connectivity index (χ2v) is 18.2. The van der Waals surface area contributed by atoms with Crippen LogP contribution in [-0.2, 0) is 13.6 Å². The standard InChI is InChI=1S/C50H33Cl3N12O7/c1-23-13-14-55-37(15-23)65-40-31-19-27(53)7-11-35(31)72-43(40)46(60-50(65)69)62(4)28-8-12-36(56-21-28)64-39-30-18-26(52)6-10-34(30)71-42(39)45(59-49(64)68)57-20-24-16-32(47(66)61(3)22-24)63-38-29-17-25(51)5-9-33(29)70-41(38)44(54-2)58-48(63)67/h5-19,21-22H,20H2,1-4H3,(H,54,58,67)(H,57,59,68). The summed E-state index contributed by atoms with van der Waals surface area (Å²) in [6.45, 7) is 1.91. The predicted octanol–water partition coefficient (Wildman–Crippen LogP) is 9.20. The molecular weight excluding hydrogens is 987 g/mol. The van der Waals surface area contributed by atoms with E-state index in [4.69, 9.17) is 53.0 Å². The summed E-state index contributed by atoms with van der Waals surface area (Å²) in [6.07, 6.45) is 4.73. The molecule has 3 aromatic carbocycles. The highest BCUT2D eigenvalue weighted by Crippen LogP contribution is 2.39. The maximum atomic E-state index is 14.4. The number of pyridine rings is 3. The van der Waals surface area contributed by atoms with Crippen molar-refractivity contribution in [1.29, 1.82) is 0 Å². The van der Waals surface area contributed by atoms with Crippen LogP contribution in [0.1, 0.15) is 11.1 Å². The average molecular weight is 1020 g/mol. The minimum absolute atomic E-state index is 0.00722. The Morgan fingerprint density at radius 2 is 1.18 bits per heavy atom. The van der Waals surface area contributed by atoms with Crippen LogP contribution < -0.4 is 38.2 Å². The third kappa shape index (κ3) is 7.07. The summed E-state index contributed by atoms with van der Waals surface area (Å²) in [4.78, 5) is 79.9. The summed E-state index contributed by atoms with van der Waals surface area (Å²) in [7, 11) is 4.87. The first-order chi connectivity index (χ1) is 34.7. The van der Waals surface area contributed by atoms with Crippen molar-refractivity contribution in [3.05, 3.63) is 172 Å². The summed E-state index contributed by atoms with van der Waals surface area (Å²) >= 11 is 19.4. The van der Waals surface area contributed by atoms with E-state index in [1.54, 1.807) is 117 Å². The fourth-order valence-electron chi connectivity index (χ4n) is 9.02. The molecule has 0 fully saturated rings. The molecule has 0 aliphatic rings. The van der Waals surface area contributed by atoms with Crippen molar-refractivity contribution >= 4 is 124 Å². The smallest absolute Gasteiger partial charge is 0.356 e. The monoisotopic (exact) mass is 1020 g/mol. The average Bonchev–Trinajstić information content (AvgIpc) is 4.05. The number of hydrogen-bond donors (Lipinski definition) is 2. The second-order valence-electron chi connectivity index (χ2n) is 16.8. The molecule has 2 N–H and O–H groups in total. The number of nitrogens with one attached hydrogen (secondary N) is 2. The molecule has 19 nitrogen and oxygen atoms in total. The van der Waals surface area contributed by atoms with Gasteiger partial charge < -0.3 is 33.4 Å². The van der Waals surface area contributed by atoms with Gasteiger partial charge in [0.1, 0.15) is 50.6 Å². The molecule has 12 aromatic rings. The van der Waals surface area contributed by atoms with Gasteiger partial charge in [-0.25, -0.2) is 33.5 Å². The molecule has 0 saturated heterocycles. The molecule has 12 rings (SSSR count). The van der Waals surface area contributed by atoms with Crippen LogP contribution in [0.4, 0.5) is 23.1 Å². The number of halogens is 3. The van der Waals surface area contributed by atoms with Crippen LogP contribution in [0.3, 0.4) is 0 Å². The highest BCUT2D eigenvalue weighted by Gasteiger charge is 2.26. The van der Waals surface area contributed by atoms with E-state index in [1.807, 2.05) is 13.0 Å². The van der Waals surface area contributed by atoms with Crippen LogP contribution in [0.5, 0.6) is 0 Å². The van der Waals surface area contributed by atoms with Gasteiger partial charge in [0, 0.05) is 71.3 Å². The third-order valence-corrected chi connectivity index (χ3v) is 13.0. The molecule has 9 heterocycles. The van der Waals surface area contributed by atoms with E-state index in [2.05, 4.69) is 30.6 Å². The van der Waals surface area contributed by atoms with E-state index in [9.17, 15) is 19.2 Å². The largest absolute Gasteiger partial charge is 0.450 e. The fourth-order valence-corrected chi connectivity index (χ4v) is 9.54. The van der Waals surface area contributed by atoms with Gasteiger partial charge in [0.05, 0.1) is 11.9 Å². The maximum Gasteiger partial charge on any atom is 0.356 e. The zero-order valence-corrected chi connectivity index (χ0v) is 40.3. The Bertz CT molecular complexity index is 4530. The molecule has 0 radical (unpaired) electrons. The Morgan fingerprint density at radius 3 is 1.79 bits per heavy atom. The highest BCUT2D eigenvalue weighted by atomic mass is 35.5. The lowest BCUT2D eigenvalue weighted by Gasteiger charge is -2.19. The number of aryl methyl sites for hydroxylation is 2. The highest BCUT2D eigenvalue weighted by molar-refractivity contribution is 6.32. The topological polar surface area (TPSA) is 219 Å². The maximum absolute atomic E-state index is 14.4. The molecule has 0 aliphatic heterocycles. The minimum atomic E-state index is -0.732. The van der Waals surface area contributed by atoms with Crippen molar-refractivity contribution in [2.24, 2.45) is 7.05 Å². The van der Waals surface area contributed by atoms with Gasteiger partial charge in [0.2, 0.25) is 0 Å². The first-order valence-electron chi connectivity index (χ1n) is 21.9. The molecule has 0 atom stereocenters. The van der Waals surface area contributed by atoms with Crippen molar-refractivity contribution in [2.75, 3.05) is 29.6 Å². The quantitative estimate of drug-likeness (QED) is 0.138. The lowest BCUT2D eigenvalue weighted by molar-refractivity contribution is 0.662. The Hall–Kier alpha value is -8.78. The summed E-state index contributed by atoms with van der Waals surface area (Å²) < 4.78 is 24.1. The first kappa shape index (κ1) is 44.4. The van der Waals surface area contributed by atoms with Crippen molar-refractivity contribution in [3.8, 4) is 17.3 Å². The van der Waals surface area contributed by atoms with Gasteiger partial charge in [-0.05, 0) is 103 Å². The van der Waals surface area contributed by atoms with Crippen LogP contribution in [-0.4, -0.2) is 57.3 Å². The fraction of sp³-hybridized carbons (Fsp3) is 0.100. The van der Waals surface area contributed by atoms with Gasteiger partial charge in [-0.3, -0.25) is 9.36 Å². The molecule has 9 aromatic heterocycles. The Labute approximate surface area is 417 Å². The van der Waals surface area contributed by atoms with Crippen LogP contribution >= 0.6 is 34.8 Å². The lowest BCUT2D eigenvalue weighted by atomic mass is 10.2. The normalized spacial score (nSPS) is 11.8. The second kappa shape index (κ2) is 16.7. The van der Waals surface area contributed by atoms with Gasteiger partial charge in [-0.15, -0.1) is 0 Å². The number of rotatable bonds is 9. The number of nitrogens with zero attached hydrogens (tertiary/aromatic N) is 10. The van der Waals surface area contributed by atoms with E-state index in [0.29, 0.717) is 87.2 Å². The molecule has 356 valence electrons. The van der Waals surface area contributed by atoms with Crippen LogP contribution in [0, 0.1) is 6.92 Å². The summed E-state index contributed by atoms with van der Waals surface area (Å²) in [5, 5.41) is 8.94. The number of aromatic nitrogens is 9. The number of hydrogen-bond acceptors (Lipinski definition) is 15. The zero-order valence-electron chi connectivity index (χ0n) is 38.0. The van der Waals surface area contributed by atoms with E-state index >= 15 is 0 Å². The Morgan fingerprint density at radius 1 is 0.625 bits per heavy atom. The molecule has 22 heteroatoms. The zero-order chi connectivity index (χ0) is 49.9. The number of benzene rings is 3. The Kier molecular flexibility index (Phi) is 10.3. The molecular formula is C50H33Cl3N12O7. The molecule has 0 saturated carbocycles. The van der Waals surface area contributed by atoms with E-state index in [0.717, 1.165) is 5.56 Å². The molecule has 0 unspecified atom stereocenters. The summed E-state index contributed by atoms with van der Waals surface area (Å²) in [5.74, 6) is 1.01. The minimum Gasteiger partial charge on any atom is -0.450 e. The van der Waals surface area contributed by atoms with Crippen LogP contribution in [0.15, 0.2) is 136 Å². The van der Waals surface area contributed by atoms with Crippen molar-refractivity contribution in [3.63, 3.8) is 0 Å². The van der Waals surface area contributed by atoms with Crippen molar-refractivity contribution in [2.45, 2.75) is 13.5 Å². The number of anilines is 4. The Balaban J connectivity index is 0.931. The summed E-state index contributed by atoms with van der Waals surface area (Å²) in [6, 6.07) is 23.6. The molecule has 0 bridgehead atoms. The van der Waals surface area contributed by atoms with E-state index in [1.165, 1.54) is 24.5 Å². The first-order valence-corrected chi connectivity index (χ1v) is 23.1.